The molecular formula is C9H13BO4. The summed E-state index contributed by atoms with van der Waals surface area (Å²) in [5.41, 5.74) is 0. The summed E-state index contributed by atoms with van der Waals surface area (Å²) >= 11 is 0. The molecule has 1 aromatic carbocycles. The van der Waals surface area contributed by atoms with Crippen molar-refractivity contribution in [3.63, 3.8) is 0 Å². The molecule has 5 heteroatoms. The second-order valence-electron chi connectivity index (χ2n) is 2.77. The van der Waals surface area contributed by atoms with Crippen LogP contribution >= 0.6 is 0 Å². The van der Waals surface area contributed by atoms with Crippen LogP contribution in [0.3, 0.4) is 0 Å². The Hall–Kier alpha value is -1.20. The first-order chi connectivity index (χ1) is 6.74. The maximum atomic E-state index is 8.60. The van der Waals surface area contributed by atoms with Crippen molar-refractivity contribution in [2.45, 2.75) is 6.32 Å². The number of hydrogen-bond donors (Lipinski definition) is 2. The van der Waals surface area contributed by atoms with Gasteiger partial charge in [-0.1, -0.05) is 12.1 Å². The molecule has 0 saturated carbocycles. The van der Waals surface area contributed by atoms with E-state index in [1.165, 1.54) is 0 Å². The highest BCUT2D eigenvalue weighted by atomic mass is 16.5. The topological polar surface area (TPSA) is 58.9 Å². The largest absolute Gasteiger partial charge is 0.493 e. The van der Waals surface area contributed by atoms with Gasteiger partial charge in [-0.3, -0.25) is 0 Å². The normalized spacial score (nSPS) is 9.64. The van der Waals surface area contributed by atoms with E-state index in [0.717, 1.165) is 0 Å². The fourth-order valence-corrected chi connectivity index (χ4v) is 1.01. The second kappa shape index (κ2) is 5.52. The van der Waals surface area contributed by atoms with Crippen LogP contribution in [0.2, 0.25) is 6.32 Å². The number of benzene rings is 1. The Balaban J connectivity index is 2.49. The summed E-state index contributed by atoms with van der Waals surface area (Å²) in [6.07, 6.45) is 0.179. The number of methoxy groups -OCH3 is 1. The molecule has 1 rings (SSSR count). The number of ether oxygens (including phenoxy) is 2. The molecule has 14 heavy (non-hydrogen) atoms. The molecule has 0 unspecified atom stereocenters. The molecule has 0 spiro atoms. The Labute approximate surface area is 83.2 Å². The van der Waals surface area contributed by atoms with Gasteiger partial charge in [-0.2, -0.15) is 0 Å². The van der Waals surface area contributed by atoms with Crippen molar-refractivity contribution < 1.29 is 19.5 Å². The molecule has 76 valence electrons. The Morgan fingerprint density at radius 1 is 1.21 bits per heavy atom. The van der Waals surface area contributed by atoms with E-state index in [1.54, 1.807) is 19.2 Å². The highest BCUT2D eigenvalue weighted by Gasteiger charge is 2.07. The van der Waals surface area contributed by atoms with Crippen molar-refractivity contribution in [1.29, 1.82) is 0 Å². The lowest BCUT2D eigenvalue weighted by Gasteiger charge is -2.09. The quantitative estimate of drug-likeness (QED) is 0.675. The van der Waals surface area contributed by atoms with E-state index in [2.05, 4.69) is 0 Å². The lowest BCUT2D eigenvalue weighted by atomic mass is 9.87. The monoisotopic (exact) mass is 196 g/mol. The maximum Gasteiger partial charge on any atom is 0.454 e. The molecule has 0 bridgehead atoms. The van der Waals surface area contributed by atoms with Gasteiger partial charge in [0.05, 0.1) is 13.7 Å². The summed E-state index contributed by atoms with van der Waals surface area (Å²) in [5, 5.41) is 17.2. The van der Waals surface area contributed by atoms with Crippen LogP contribution in [0.5, 0.6) is 11.5 Å². The van der Waals surface area contributed by atoms with E-state index in [9.17, 15) is 0 Å². The molecule has 0 radical (unpaired) electrons. The van der Waals surface area contributed by atoms with Gasteiger partial charge in [0.15, 0.2) is 11.5 Å². The molecule has 0 saturated heterocycles. The molecule has 0 aromatic heterocycles. The highest BCUT2D eigenvalue weighted by molar-refractivity contribution is 6.41. The molecule has 0 aliphatic carbocycles. The van der Waals surface area contributed by atoms with Crippen molar-refractivity contribution in [3.8, 4) is 11.5 Å². The average molecular weight is 196 g/mol. The summed E-state index contributed by atoms with van der Waals surface area (Å²) in [4.78, 5) is 0. The minimum absolute atomic E-state index is 0.179. The Kier molecular flexibility index (Phi) is 4.29. The fourth-order valence-electron chi connectivity index (χ4n) is 1.01. The van der Waals surface area contributed by atoms with Gasteiger partial charge in [-0.05, 0) is 12.1 Å². The molecule has 2 N–H and O–H groups in total. The standard InChI is InChI=1S/C9H13BO4/c1-13-8-4-2-3-5-9(8)14-7-6-10(11)12/h2-5,11-12H,6-7H2,1H3. The first-order valence-corrected chi connectivity index (χ1v) is 4.36. The molecule has 0 atom stereocenters. The smallest absolute Gasteiger partial charge is 0.454 e. The summed E-state index contributed by atoms with van der Waals surface area (Å²) in [7, 11) is 0.230. The van der Waals surface area contributed by atoms with E-state index < -0.39 is 7.12 Å². The SMILES string of the molecule is COc1ccccc1OCCB(O)O. The van der Waals surface area contributed by atoms with Crippen LogP contribution in [0.1, 0.15) is 0 Å². The summed E-state index contributed by atoms with van der Waals surface area (Å²) in [6, 6.07) is 7.22. The van der Waals surface area contributed by atoms with Crippen molar-refractivity contribution in [2.24, 2.45) is 0 Å². The van der Waals surface area contributed by atoms with E-state index >= 15 is 0 Å². The van der Waals surface area contributed by atoms with Gasteiger partial charge in [0.2, 0.25) is 0 Å². The second-order valence-corrected chi connectivity index (χ2v) is 2.77. The zero-order valence-electron chi connectivity index (χ0n) is 8.01. The van der Waals surface area contributed by atoms with Crippen LogP contribution in [0.25, 0.3) is 0 Å². The van der Waals surface area contributed by atoms with Gasteiger partial charge in [-0.15, -0.1) is 0 Å². The third kappa shape index (κ3) is 3.28. The van der Waals surface area contributed by atoms with E-state index in [1.807, 2.05) is 12.1 Å². The summed E-state index contributed by atoms with van der Waals surface area (Å²) in [6.45, 7) is 0.248. The average Bonchev–Trinajstić information content (AvgIpc) is 2.18. The lowest BCUT2D eigenvalue weighted by Crippen LogP contribution is -2.14. The number of para-hydroxylation sites is 2. The van der Waals surface area contributed by atoms with Gasteiger partial charge in [-0.25, -0.2) is 0 Å². The van der Waals surface area contributed by atoms with Gasteiger partial charge in [0.1, 0.15) is 0 Å². The minimum atomic E-state index is -1.33. The van der Waals surface area contributed by atoms with Gasteiger partial charge >= 0.3 is 7.12 Å². The summed E-state index contributed by atoms with van der Waals surface area (Å²) < 4.78 is 10.3. The fraction of sp³-hybridized carbons (Fsp3) is 0.333. The summed E-state index contributed by atoms with van der Waals surface area (Å²) in [5.74, 6) is 1.25. The van der Waals surface area contributed by atoms with Crippen molar-refractivity contribution in [2.75, 3.05) is 13.7 Å². The molecule has 0 heterocycles. The number of hydrogen-bond acceptors (Lipinski definition) is 4. The van der Waals surface area contributed by atoms with Crippen molar-refractivity contribution in [3.05, 3.63) is 24.3 Å². The molecule has 0 amide bonds. The van der Waals surface area contributed by atoms with Crippen LogP contribution in [0.15, 0.2) is 24.3 Å². The van der Waals surface area contributed by atoms with Crippen LogP contribution in [0.4, 0.5) is 0 Å². The van der Waals surface area contributed by atoms with Crippen molar-refractivity contribution in [1.82, 2.24) is 0 Å². The molecule has 0 aliphatic heterocycles. The predicted octanol–water partition coefficient (Wildman–Crippen LogP) is 0.547. The van der Waals surface area contributed by atoms with Gasteiger partial charge in [0.25, 0.3) is 0 Å². The minimum Gasteiger partial charge on any atom is -0.493 e. The highest BCUT2D eigenvalue weighted by Crippen LogP contribution is 2.25. The first kappa shape index (κ1) is 10.9. The number of rotatable bonds is 5. The third-order valence-corrected chi connectivity index (χ3v) is 1.70. The van der Waals surface area contributed by atoms with Gasteiger partial charge in [0, 0.05) is 6.32 Å². The van der Waals surface area contributed by atoms with Crippen LogP contribution in [-0.2, 0) is 0 Å². The third-order valence-electron chi connectivity index (χ3n) is 1.70. The Morgan fingerprint density at radius 3 is 2.43 bits per heavy atom. The van der Waals surface area contributed by atoms with Gasteiger partial charge < -0.3 is 19.5 Å². The van der Waals surface area contributed by atoms with Crippen LogP contribution < -0.4 is 9.47 Å². The maximum absolute atomic E-state index is 8.60. The Morgan fingerprint density at radius 2 is 1.86 bits per heavy atom. The molecule has 1 aromatic rings. The van der Waals surface area contributed by atoms with Crippen LogP contribution in [-0.4, -0.2) is 30.9 Å². The molecule has 0 fully saturated rings. The molecule has 0 aliphatic rings. The van der Waals surface area contributed by atoms with Crippen LogP contribution in [0, 0.1) is 0 Å². The zero-order valence-corrected chi connectivity index (χ0v) is 8.01. The van der Waals surface area contributed by atoms with E-state index in [0.29, 0.717) is 11.5 Å². The van der Waals surface area contributed by atoms with Crippen molar-refractivity contribution >= 4 is 7.12 Å². The van der Waals surface area contributed by atoms with E-state index in [4.69, 9.17) is 19.5 Å². The zero-order chi connectivity index (χ0) is 10.4. The van der Waals surface area contributed by atoms with E-state index in [-0.39, 0.29) is 12.9 Å². The Bertz CT molecular complexity index is 277. The predicted molar refractivity (Wildman–Crippen MR) is 53.5 cm³/mol. The molecule has 4 nitrogen and oxygen atoms in total. The lowest BCUT2D eigenvalue weighted by molar-refractivity contribution is 0.296. The first-order valence-electron chi connectivity index (χ1n) is 4.36. The molecular weight excluding hydrogens is 183 g/mol.